The molecule has 0 fully saturated rings. The Hall–Kier alpha value is -1.55. The number of para-hydroxylation sites is 1. The number of fused-ring (bicyclic) bond motifs is 1. The summed E-state index contributed by atoms with van der Waals surface area (Å²) < 4.78 is 5.79. The minimum atomic E-state index is 0.125. The molecule has 0 spiro atoms. The van der Waals surface area contributed by atoms with Gasteiger partial charge in [-0.2, -0.15) is 0 Å². The van der Waals surface area contributed by atoms with Gasteiger partial charge in [-0.05, 0) is 25.5 Å². The summed E-state index contributed by atoms with van der Waals surface area (Å²) in [6, 6.07) is 7.96. The molecule has 1 N–H and O–H groups in total. The van der Waals surface area contributed by atoms with E-state index in [4.69, 9.17) is 4.74 Å². The molecule has 104 valence electrons. The molecule has 1 aromatic rings. The van der Waals surface area contributed by atoms with E-state index in [0.717, 1.165) is 43.8 Å². The van der Waals surface area contributed by atoms with Crippen LogP contribution < -0.4 is 10.1 Å². The normalized spacial score (nSPS) is 17.6. The van der Waals surface area contributed by atoms with Gasteiger partial charge in [-0.25, -0.2) is 0 Å². The van der Waals surface area contributed by atoms with E-state index in [0.29, 0.717) is 13.2 Å². The van der Waals surface area contributed by atoms with E-state index in [9.17, 15) is 4.79 Å². The van der Waals surface area contributed by atoms with Gasteiger partial charge in [0, 0.05) is 32.1 Å². The van der Waals surface area contributed by atoms with Crippen molar-refractivity contribution in [1.29, 1.82) is 0 Å². The molecule has 0 bridgehead atoms. The lowest BCUT2D eigenvalue weighted by molar-refractivity contribution is -0.129. The van der Waals surface area contributed by atoms with Crippen LogP contribution in [0.5, 0.6) is 5.75 Å². The first kappa shape index (κ1) is 13.9. The van der Waals surface area contributed by atoms with Crippen LogP contribution in [0.4, 0.5) is 0 Å². The van der Waals surface area contributed by atoms with Gasteiger partial charge in [0.15, 0.2) is 0 Å². The number of carbonyl (C=O) groups excluding carboxylic acids is 1. The number of nitrogens with zero attached hydrogens (tertiary/aromatic N) is 1. The van der Waals surface area contributed by atoms with Crippen LogP contribution in [0.3, 0.4) is 0 Å². The third kappa shape index (κ3) is 4.24. The number of hydrogen-bond donors (Lipinski definition) is 1. The molecule has 0 aliphatic carbocycles. The zero-order valence-corrected chi connectivity index (χ0v) is 11.5. The fourth-order valence-electron chi connectivity index (χ4n) is 2.24. The maximum Gasteiger partial charge on any atom is 0.219 e. The molecular formula is C15H22N2O2. The highest BCUT2D eigenvalue weighted by molar-refractivity contribution is 5.73. The molecule has 0 unspecified atom stereocenters. The Morgan fingerprint density at radius 2 is 2.11 bits per heavy atom. The maximum atomic E-state index is 11.7. The number of rotatable bonds is 0. The molecule has 1 aliphatic heterocycles. The maximum absolute atomic E-state index is 11.7. The van der Waals surface area contributed by atoms with Crippen LogP contribution in [-0.4, -0.2) is 37.0 Å². The Balaban J connectivity index is 2.15. The summed E-state index contributed by atoms with van der Waals surface area (Å²) in [6.45, 7) is 5.59. The largest absolute Gasteiger partial charge is 0.492 e. The van der Waals surface area contributed by atoms with Crippen molar-refractivity contribution < 1.29 is 9.53 Å². The third-order valence-electron chi connectivity index (χ3n) is 3.35. The summed E-state index contributed by atoms with van der Waals surface area (Å²) in [5, 5.41) is 3.35. The molecule has 0 saturated carbocycles. The van der Waals surface area contributed by atoms with Crippen molar-refractivity contribution in [3.05, 3.63) is 29.8 Å². The average molecular weight is 262 g/mol. The Morgan fingerprint density at radius 3 is 2.95 bits per heavy atom. The lowest BCUT2D eigenvalue weighted by Gasteiger charge is -2.23. The van der Waals surface area contributed by atoms with Gasteiger partial charge < -0.3 is 15.0 Å². The van der Waals surface area contributed by atoms with Crippen molar-refractivity contribution in [3.8, 4) is 5.75 Å². The molecule has 0 aromatic heterocycles. The Labute approximate surface area is 114 Å². The molecular weight excluding hydrogens is 240 g/mol. The van der Waals surface area contributed by atoms with Crippen LogP contribution in [0, 0.1) is 0 Å². The summed E-state index contributed by atoms with van der Waals surface area (Å²) in [7, 11) is 0. The van der Waals surface area contributed by atoms with Crippen molar-refractivity contribution in [2.75, 3.05) is 26.2 Å². The number of benzene rings is 1. The first-order valence-corrected chi connectivity index (χ1v) is 6.94. The number of carbonyl (C=O) groups is 1. The van der Waals surface area contributed by atoms with Crippen molar-refractivity contribution in [3.63, 3.8) is 0 Å². The number of nitrogens with one attached hydrogen (secondary N) is 1. The topological polar surface area (TPSA) is 41.6 Å². The fraction of sp³-hybridized carbons (Fsp3) is 0.533. The molecule has 2 rings (SSSR count). The molecule has 0 saturated heterocycles. The Kier molecular flexibility index (Phi) is 5.21. The molecule has 1 amide bonds. The smallest absolute Gasteiger partial charge is 0.219 e. The van der Waals surface area contributed by atoms with Crippen molar-refractivity contribution in [2.45, 2.75) is 26.3 Å². The molecule has 0 atom stereocenters. The molecule has 1 aliphatic rings. The predicted molar refractivity (Wildman–Crippen MR) is 75.1 cm³/mol. The van der Waals surface area contributed by atoms with Gasteiger partial charge >= 0.3 is 0 Å². The van der Waals surface area contributed by atoms with Crippen molar-refractivity contribution in [2.24, 2.45) is 0 Å². The van der Waals surface area contributed by atoms with Gasteiger partial charge in [0.25, 0.3) is 0 Å². The fourth-order valence-corrected chi connectivity index (χ4v) is 2.24. The molecule has 19 heavy (non-hydrogen) atoms. The highest BCUT2D eigenvalue weighted by atomic mass is 16.5. The zero-order valence-electron chi connectivity index (χ0n) is 11.5. The van der Waals surface area contributed by atoms with E-state index < -0.39 is 0 Å². The summed E-state index contributed by atoms with van der Waals surface area (Å²) in [6.07, 6.45) is 2.13. The average Bonchev–Trinajstić information content (AvgIpc) is 2.39. The Morgan fingerprint density at radius 1 is 1.26 bits per heavy atom. The summed E-state index contributed by atoms with van der Waals surface area (Å²) in [4.78, 5) is 13.6. The summed E-state index contributed by atoms with van der Waals surface area (Å²) >= 11 is 0. The second-order valence-corrected chi connectivity index (χ2v) is 4.85. The third-order valence-corrected chi connectivity index (χ3v) is 3.35. The summed E-state index contributed by atoms with van der Waals surface area (Å²) in [5.41, 5.74) is 1.08. The number of hydrogen-bond acceptors (Lipinski definition) is 3. The van der Waals surface area contributed by atoms with Crippen LogP contribution >= 0.6 is 0 Å². The van der Waals surface area contributed by atoms with E-state index in [1.54, 1.807) is 6.92 Å². The van der Waals surface area contributed by atoms with Gasteiger partial charge in [-0.3, -0.25) is 4.79 Å². The summed E-state index contributed by atoms with van der Waals surface area (Å²) in [5.74, 6) is 1.01. The van der Waals surface area contributed by atoms with Crippen LogP contribution in [0.25, 0.3) is 0 Å². The van der Waals surface area contributed by atoms with Crippen LogP contribution in [0.2, 0.25) is 0 Å². The molecule has 4 heteroatoms. The number of ether oxygens (including phenoxy) is 1. The highest BCUT2D eigenvalue weighted by Crippen LogP contribution is 2.20. The van der Waals surface area contributed by atoms with Crippen molar-refractivity contribution in [1.82, 2.24) is 10.2 Å². The van der Waals surface area contributed by atoms with Gasteiger partial charge in [0.2, 0.25) is 5.91 Å². The van der Waals surface area contributed by atoms with Gasteiger partial charge in [-0.15, -0.1) is 0 Å². The lowest BCUT2D eigenvalue weighted by atomic mass is 10.1. The van der Waals surface area contributed by atoms with Crippen molar-refractivity contribution >= 4 is 5.91 Å². The second kappa shape index (κ2) is 7.14. The van der Waals surface area contributed by atoms with Gasteiger partial charge in [-0.1, -0.05) is 18.2 Å². The zero-order chi connectivity index (χ0) is 13.5. The first-order chi connectivity index (χ1) is 9.27. The molecule has 1 heterocycles. The van der Waals surface area contributed by atoms with E-state index in [2.05, 4.69) is 5.32 Å². The number of amides is 1. The predicted octanol–water partition coefficient (Wildman–Crippen LogP) is 1.80. The minimum absolute atomic E-state index is 0.125. The minimum Gasteiger partial charge on any atom is -0.492 e. The van der Waals surface area contributed by atoms with Gasteiger partial charge in [0.05, 0.1) is 0 Å². The van der Waals surface area contributed by atoms with Crippen LogP contribution in [-0.2, 0) is 11.3 Å². The van der Waals surface area contributed by atoms with E-state index in [1.807, 2.05) is 29.2 Å². The highest BCUT2D eigenvalue weighted by Gasteiger charge is 2.12. The molecule has 4 nitrogen and oxygen atoms in total. The van der Waals surface area contributed by atoms with Crippen LogP contribution in [0.1, 0.15) is 25.3 Å². The molecule has 0 radical (unpaired) electrons. The van der Waals surface area contributed by atoms with Crippen LogP contribution in [0.15, 0.2) is 24.3 Å². The molecule has 1 aromatic carbocycles. The Bertz CT molecular complexity index is 420. The first-order valence-electron chi connectivity index (χ1n) is 6.94. The standard InChI is InChI=1S/C15H22N2O2/c1-13(18)17-10-5-4-8-16-9-11-19-15-7-3-2-6-14(15)12-17/h2-3,6-7,16H,4-5,8-12H2,1H3. The lowest BCUT2D eigenvalue weighted by Crippen LogP contribution is -2.31. The van der Waals surface area contributed by atoms with E-state index in [1.165, 1.54) is 0 Å². The van der Waals surface area contributed by atoms with Gasteiger partial charge in [0.1, 0.15) is 12.4 Å². The monoisotopic (exact) mass is 262 g/mol. The SMILES string of the molecule is CC(=O)N1CCCCNCCOc2ccccc2C1. The second-order valence-electron chi connectivity index (χ2n) is 4.85. The van der Waals surface area contributed by atoms with E-state index in [-0.39, 0.29) is 5.91 Å². The quantitative estimate of drug-likeness (QED) is 0.775. The van der Waals surface area contributed by atoms with E-state index >= 15 is 0 Å².